The molecule has 0 bridgehead atoms. The minimum Gasteiger partial charge on any atom is -0.381 e. The number of nitrogens with two attached hydrogens (primary N) is 1. The molecule has 0 atom stereocenters. The second kappa shape index (κ2) is 4.31. The predicted octanol–water partition coefficient (Wildman–Crippen LogP) is 1.30. The van der Waals surface area contributed by atoms with Crippen LogP contribution in [0.5, 0.6) is 0 Å². The van der Waals surface area contributed by atoms with Gasteiger partial charge in [-0.3, -0.25) is 0 Å². The van der Waals surface area contributed by atoms with Crippen LogP contribution in [0.1, 0.15) is 11.8 Å². The van der Waals surface area contributed by atoms with E-state index in [2.05, 4.69) is 4.98 Å². The highest BCUT2D eigenvalue weighted by atomic mass is 32.1. The molecule has 1 rings (SSSR count). The zero-order chi connectivity index (χ0) is 8.10. The Labute approximate surface area is 70.2 Å². The molecule has 0 aromatic carbocycles. The van der Waals surface area contributed by atoms with E-state index in [1.807, 2.05) is 6.92 Å². The van der Waals surface area contributed by atoms with Crippen LogP contribution >= 0.6 is 11.3 Å². The molecular weight excluding hydrogens is 160 g/mol. The summed E-state index contributed by atoms with van der Waals surface area (Å²) in [5.74, 6) is 0. The van der Waals surface area contributed by atoms with Crippen molar-refractivity contribution in [2.75, 3.05) is 18.9 Å². The van der Waals surface area contributed by atoms with Crippen LogP contribution in [0.25, 0.3) is 0 Å². The first-order valence-corrected chi connectivity index (χ1v) is 4.42. The van der Waals surface area contributed by atoms with Crippen LogP contribution < -0.4 is 5.73 Å². The van der Waals surface area contributed by atoms with Gasteiger partial charge in [-0.05, 0) is 6.92 Å². The van der Waals surface area contributed by atoms with Gasteiger partial charge in [0.15, 0.2) is 5.13 Å². The van der Waals surface area contributed by atoms with Crippen LogP contribution in [0.15, 0.2) is 6.20 Å². The molecule has 0 saturated carbocycles. The molecule has 11 heavy (non-hydrogen) atoms. The molecule has 0 amide bonds. The molecule has 3 nitrogen and oxygen atoms in total. The van der Waals surface area contributed by atoms with Crippen molar-refractivity contribution >= 4 is 16.5 Å². The van der Waals surface area contributed by atoms with Gasteiger partial charge in [-0.25, -0.2) is 4.98 Å². The number of ether oxygens (including phenoxy) is 1. The molecular formula is C7H12N2OS. The highest BCUT2D eigenvalue weighted by molar-refractivity contribution is 7.15. The molecule has 0 fully saturated rings. The normalized spacial score (nSPS) is 10.3. The third-order valence-corrected chi connectivity index (χ3v) is 2.15. The number of thiazole rings is 1. The first-order chi connectivity index (χ1) is 5.33. The molecule has 62 valence electrons. The summed E-state index contributed by atoms with van der Waals surface area (Å²) in [6.07, 6.45) is 2.72. The zero-order valence-electron chi connectivity index (χ0n) is 6.54. The minimum atomic E-state index is 0.636. The van der Waals surface area contributed by atoms with Gasteiger partial charge in [0.25, 0.3) is 0 Å². The fourth-order valence-electron chi connectivity index (χ4n) is 0.755. The van der Waals surface area contributed by atoms with Crippen molar-refractivity contribution < 1.29 is 4.74 Å². The SMILES string of the molecule is CCOCCc1cnc(N)s1. The van der Waals surface area contributed by atoms with Gasteiger partial charge in [-0.1, -0.05) is 0 Å². The van der Waals surface area contributed by atoms with Crippen LogP contribution in [0.2, 0.25) is 0 Å². The number of rotatable bonds is 4. The van der Waals surface area contributed by atoms with Gasteiger partial charge < -0.3 is 10.5 Å². The molecule has 0 aliphatic heterocycles. The van der Waals surface area contributed by atoms with Gasteiger partial charge in [0.1, 0.15) is 0 Å². The number of hydrogen-bond donors (Lipinski definition) is 1. The van der Waals surface area contributed by atoms with Gasteiger partial charge in [-0.2, -0.15) is 0 Å². The number of nitrogens with zero attached hydrogens (tertiary/aromatic N) is 1. The third-order valence-electron chi connectivity index (χ3n) is 1.27. The summed E-state index contributed by atoms with van der Waals surface area (Å²) in [7, 11) is 0. The van der Waals surface area contributed by atoms with Crippen LogP contribution in [0.3, 0.4) is 0 Å². The van der Waals surface area contributed by atoms with Crippen LogP contribution in [-0.2, 0) is 11.2 Å². The maximum atomic E-state index is 5.45. The summed E-state index contributed by atoms with van der Waals surface area (Å²) in [4.78, 5) is 5.13. The number of hydrogen-bond acceptors (Lipinski definition) is 4. The van der Waals surface area contributed by atoms with Crippen LogP contribution in [-0.4, -0.2) is 18.2 Å². The summed E-state index contributed by atoms with van der Waals surface area (Å²) < 4.78 is 5.18. The molecule has 0 aliphatic carbocycles. The van der Waals surface area contributed by atoms with E-state index < -0.39 is 0 Å². The van der Waals surface area contributed by atoms with Gasteiger partial charge in [0.2, 0.25) is 0 Å². The summed E-state index contributed by atoms with van der Waals surface area (Å²) in [6.45, 7) is 3.52. The Morgan fingerprint density at radius 1 is 1.73 bits per heavy atom. The molecule has 2 N–H and O–H groups in total. The standard InChI is InChI=1S/C7H12N2OS/c1-2-10-4-3-6-5-9-7(8)11-6/h5H,2-4H2,1H3,(H2,8,9). The van der Waals surface area contributed by atoms with Crippen LogP contribution in [0, 0.1) is 0 Å². The molecule has 0 unspecified atom stereocenters. The van der Waals surface area contributed by atoms with Crippen molar-refractivity contribution in [2.24, 2.45) is 0 Å². The van der Waals surface area contributed by atoms with E-state index in [1.165, 1.54) is 16.2 Å². The van der Waals surface area contributed by atoms with E-state index in [9.17, 15) is 0 Å². The lowest BCUT2D eigenvalue weighted by Crippen LogP contribution is -1.95. The Kier molecular flexibility index (Phi) is 3.32. The molecule has 0 radical (unpaired) electrons. The molecule has 1 aromatic rings. The zero-order valence-corrected chi connectivity index (χ0v) is 7.36. The number of aromatic nitrogens is 1. The molecule has 4 heteroatoms. The largest absolute Gasteiger partial charge is 0.381 e. The van der Waals surface area contributed by atoms with E-state index in [4.69, 9.17) is 10.5 Å². The number of nitrogen functional groups attached to an aromatic ring is 1. The molecule has 0 spiro atoms. The second-order valence-electron chi connectivity index (χ2n) is 2.11. The van der Waals surface area contributed by atoms with E-state index in [-0.39, 0.29) is 0 Å². The summed E-state index contributed by atoms with van der Waals surface area (Å²) >= 11 is 1.52. The lowest BCUT2D eigenvalue weighted by molar-refractivity contribution is 0.151. The van der Waals surface area contributed by atoms with E-state index in [0.717, 1.165) is 19.6 Å². The number of anilines is 1. The van der Waals surface area contributed by atoms with Gasteiger partial charge in [0.05, 0.1) is 6.61 Å². The Morgan fingerprint density at radius 2 is 2.55 bits per heavy atom. The van der Waals surface area contributed by atoms with E-state index in [1.54, 1.807) is 6.20 Å². The first kappa shape index (κ1) is 8.49. The Balaban J connectivity index is 2.27. The van der Waals surface area contributed by atoms with E-state index >= 15 is 0 Å². The maximum Gasteiger partial charge on any atom is 0.180 e. The topological polar surface area (TPSA) is 48.1 Å². The van der Waals surface area contributed by atoms with Crippen molar-refractivity contribution in [1.29, 1.82) is 0 Å². The Hall–Kier alpha value is -0.610. The molecule has 0 aliphatic rings. The summed E-state index contributed by atoms with van der Waals surface area (Å²) in [6, 6.07) is 0. The predicted molar refractivity (Wildman–Crippen MR) is 46.7 cm³/mol. The van der Waals surface area contributed by atoms with Crippen molar-refractivity contribution in [3.8, 4) is 0 Å². The van der Waals surface area contributed by atoms with Gasteiger partial charge in [-0.15, -0.1) is 11.3 Å². The monoisotopic (exact) mass is 172 g/mol. The van der Waals surface area contributed by atoms with Crippen molar-refractivity contribution in [3.05, 3.63) is 11.1 Å². The second-order valence-corrected chi connectivity index (χ2v) is 3.26. The van der Waals surface area contributed by atoms with E-state index in [0.29, 0.717) is 5.13 Å². The average Bonchev–Trinajstić information content (AvgIpc) is 2.37. The molecule has 1 heterocycles. The Morgan fingerprint density at radius 3 is 3.09 bits per heavy atom. The van der Waals surface area contributed by atoms with Gasteiger partial charge in [0, 0.05) is 24.1 Å². The first-order valence-electron chi connectivity index (χ1n) is 3.61. The fraction of sp³-hybridized carbons (Fsp3) is 0.571. The highest BCUT2D eigenvalue weighted by Crippen LogP contribution is 2.14. The van der Waals surface area contributed by atoms with Crippen molar-refractivity contribution in [1.82, 2.24) is 4.98 Å². The summed E-state index contributed by atoms with van der Waals surface area (Å²) in [5, 5.41) is 0.636. The molecule has 0 saturated heterocycles. The van der Waals surface area contributed by atoms with Gasteiger partial charge >= 0.3 is 0 Å². The fourth-order valence-corrected chi connectivity index (χ4v) is 1.42. The lowest BCUT2D eigenvalue weighted by Gasteiger charge is -1.96. The van der Waals surface area contributed by atoms with Crippen molar-refractivity contribution in [3.63, 3.8) is 0 Å². The molecule has 1 aromatic heterocycles. The highest BCUT2D eigenvalue weighted by Gasteiger charge is 1.96. The third kappa shape index (κ3) is 2.86. The smallest absolute Gasteiger partial charge is 0.180 e. The lowest BCUT2D eigenvalue weighted by atomic mass is 10.4. The summed E-state index contributed by atoms with van der Waals surface area (Å²) in [5.41, 5.74) is 5.45. The van der Waals surface area contributed by atoms with Crippen LogP contribution in [0.4, 0.5) is 5.13 Å². The van der Waals surface area contributed by atoms with Crippen molar-refractivity contribution in [2.45, 2.75) is 13.3 Å². The minimum absolute atomic E-state index is 0.636. The average molecular weight is 172 g/mol. The maximum absolute atomic E-state index is 5.45. The Bertz CT molecular complexity index is 212. The quantitative estimate of drug-likeness (QED) is 0.696.